The largest absolute Gasteiger partial charge is 0.256 e. The molecular formula is C16H25N. The zero-order valence-corrected chi connectivity index (χ0v) is 11.8. The molecule has 1 heteroatoms. The van der Waals surface area contributed by atoms with E-state index in [4.69, 9.17) is 0 Å². The molecule has 0 spiro atoms. The van der Waals surface area contributed by atoms with Gasteiger partial charge in [0.05, 0.1) is 5.52 Å². The van der Waals surface area contributed by atoms with Crippen molar-refractivity contribution in [2.75, 3.05) is 0 Å². The van der Waals surface area contributed by atoms with Gasteiger partial charge in [0.2, 0.25) is 0 Å². The summed E-state index contributed by atoms with van der Waals surface area (Å²) >= 11 is 0. The fourth-order valence-electron chi connectivity index (χ4n) is 1.34. The normalized spacial score (nSPS) is 8.76. The van der Waals surface area contributed by atoms with E-state index in [9.17, 15) is 0 Å². The van der Waals surface area contributed by atoms with E-state index in [0.29, 0.717) is 0 Å². The van der Waals surface area contributed by atoms with E-state index < -0.39 is 0 Å². The van der Waals surface area contributed by atoms with Crippen LogP contribution < -0.4 is 0 Å². The average molecular weight is 231 g/mol. The lowest BCUT2D eigenvalue weighted by Crippen LogP contribution is -1.81. The average Bonchev–Trinajstić information content (AvgIpc) is 2.41. The Hall–Kier alpha value is -1.37. The number of hydrogen-bond acceptors (Lipinski definition) is 1. The van der Waals surface area contributed by atoms with Crippen LogP contribution in [0.15, 0.2) is 36.5 Å². The lowest BCUT2D eigenvalue weighted by molar-refractivity contribution is 1.09. The number of nitrogens with zero attached hydrogens (tertiary/aromatic N) is 1. The van der Waals surface area contributed by atoms with Gasteiger partial charge in [-0.15, -0.1) is 0 Å². The van der Waals surface area contributed by atoms with Gasteiger partial charge in [-0.2, -0.15) is 0 Å². The second-order valence-corrected chi connectivity index (χ2v) is 3.59. The standard InChI is InChI=1S/C11H11N.C3H8.C2H6/c1-2-9-5-6-11-10(8-9)4-3-7-12-11;1-3-2;1-2/h3-8H,2H2,1H3;3H2,1-2H3;1-2H3. The van der Waals surface area contributed by atoms with Gasteiger partial charge in [0.1, 0.15) is 0 Å². The van der Waals surface area contributed by atoms with Crippen molar-refractivity contribution >= 4 is 10.9 Å². The molecule has 2 rings (SSSR count). The van der Waals surface area contributed by atoms with E-state index >= 15 is 0 Å². The molecule has 0 saturated carbocycles. The van der Waals surface area contributed by atoms with E-state index in [-0.39, 0.29) is 0 Å². The van der Waals surface area contributed by atoms with Crippen molar-refractivity contribution in [3.63, 3.8) is 0 Å². The topological polar surface area (TPSA) is 12.9 Å². The summed E-state index contributed by atoms with van der Waals surface area (Å²) in [6.07, 6.45) is 4.17. The summed E-state index contributed by atoms with van der Waals surface area (Å²) in [5.74, 6) is 0. The van der Waals surface area contributed by atoms with Crippen LogP contribution in [-0.2, 0) is 6.42 Å². The molecule has 0 radical (unpaired) electrons. The molecule has 0 N–H and O–H groups in total. The highest BCUT2D eigenvalue weighted by molar-refractivity contribution is 5.78. The van der Waals surface area contributed by atoms with Crippen LogP contribution in [0.25, 0.3) is 10.9 Å². The van der Waals surface area contributed by atoms with Crippen LogP contribution in [-0.4, -0.2) is 4.98 Å². The summed E-state index contributed by atoms with van der Waals surface area (Å²) in [4.78, 5) is 4.26. The third-order valence-corrected chi connectivity index (χ3v) is 2.08. The first-order valence-electron chi connectivity index (χ1n) is 6.65. The summed E-state index contributed by atoms with van der Waals surface area (Å²) in [6, 6.07) is 10.5. The Balaban J connectivity index is 0.000000450. The molecule has 0 aliphatic rings. The van der Waals surface area contributed by atoms with E-state index in [1.807, 2.05) is 26.1 Å². The number of benzene rings is 1. The van der Waals surface area contributed by atoms with Crippen LogP contribution in [0.5, 0.6) is 0 Å². The quantitative estimate of drug-likeness (QED) is 0.654. The van der Waals surface area contributed by atoms with Crippen LogP contribution in [0, 0.1) is 0 Å². The highest BCUT2D eigenvalue weighted by atomic mass is 14.6. The van der Waals surface area contributed by atoms with Crippen molar-refractivity contribution in [2.24, 2.45) is 0 Å². The van der Waals surface area contributed by atoms with E-state index in [0.717, 1.165) is 11.9 Å². The fraction of sp³-hybridized carbons (Fsp3) is 0.438. The van der Waals surface area contributed by atoms with Crippen molar-refractivity contribution in [1.82, 2.24) is 4.98 Å². The van der Waals surface area contributed by atoms with Crippen LogP contribution in [0.2, 0.25) is 0 Å². The van der Waals surface area contributed by atoms with Gasteiger partial charge in [-0.1, -0.05) is 53.2 Å². The summed E-state index contributed by atoms with van der Waals surface area (Å²) in [5.41, 5.74) is 2.45. The lowest BCUT2D eigenvalue weighted by atomic mass is 10.1. The van der Waals surface area contributed by atoms with Crippen molar-refractivity contribution < 1.29 is 0 Å². The SMILES string of the molecule is CC.CCC.CCc1ccc2ncccc2c1. The third-order valence-electron chi connectivity index (χ3n) is 2.08. The number of aromatic nitrogens is 1. The predicted octanol–water partition coefficient (Wildman–Crippen LogP) is 5.24. The minimum Gasteiger partial charge on any atom is -0.256 e. The highest BCUT2D eigenvalue weighted by Crippen LogP contribution is 2.13. The number of rotatable bonds is 1. The zero-order chi connectivity index (χ0) is 13.1. The van der Waals surface area contributed by atoms with Crippen LogP contribution in [0.1, 0.15) is 46.6 Å². The van der Waals surface area contributed by atoms with Crippen molar-refractivity contribution in [3.05, 3.63) is 42.1 Å². The maximum absolute atomic E-state index is 4.26. The molecule has 1 aromatic carbocycles. The smallest absolute Gasteiger partial charge is 0.0702 e. The van der Waals surface area contributed by atoms with Gasteiger partial charge < -0.3 is 0 Å². The van der Waals surface area contributed by atoms with Crippen LogP contribution >= 0.6 is 0 Å². The number of aryl methyl sites for hydroxylation is 1. The molecule has 1 aromatic heterocycles. The second-order valence-electron chi connectivity index (χ2n) is 3.59. The second kappa shape index (κ2) is 9.83. The molecule has 17 heavy (non-hydrogen) atoms. The molecule has 0 aliphatic carbocycles. The van der Waals surface area contributed by atoms with Gasteiger partial charge in [-0.05, 0) is 30.2 Å². The molecular weight excluding hydrogens is 206 g/mol. The van der Waals surface area contributed by atoms with Crippen molar-refractivity contribution in [3.8, 4) is 0 Å². The van der Waals surface area contributed by atoms with E-state index in [1.54, 1.807) is 0 Å². The molecule has 2 aromatic rings. The molecule has 0 aliphatic heterocycles. The Morgan fingerprint density at radius 2 is 1.65 bits per heavy atom. The summed E-state index contributed by atoms with van der Waals surface area (Å²) in [6.45, 7) is 10.4. The van der Waals surface area contributed by atoms with Gasteiger partial charge in [0.25, 0.3) is 0 Å². The first kappa shape index (κ1) is 15.6. The Morgan fingerprint density at radius 3 is 2.24 bits per heavy atom. The molecule has 0 unspecified atom stereocenters. The Bertz CT molecular complexity index is 407. The summed E-state index contributed by atoms with van der Waals surface area (Å²) in [7, 11) is 0. The molecule has 0 saturated heterocycles. The number of hydrogen-bond donors (Lipinski definition) is 0. The molecule has 1 nitrogen and oxygen atoms in total. The predicted molar refractivity (Wildman–Crippen MR) is 78.4 cm³/mol. The maximum Gasteiger partial charge on any atom is 0.0702 e. The summed E-state index contributed by atoms with van der Waals surface area (Å²) in [5, 5.41) is 1.23. The Labute approximate surface area is 106 Å². The van der Waals surface area contributed by atoms with Gasteiger partial charge in [0.15, 0.2) is 0 Å². The van der Waals surface area contributed by atoms with Crippen molar-refractivity contribution in [2.45, 2.75) is 47.5 Å². The first-order chi connectivity index (χ1) is 8.31. The fourth-order valence-corrected chi connectivity index (χ4v) is 1.34. The first-order valence-corrected chi connectivity index (χ1v) is 6.65. The van der Waals surface area contributed by atoms with Gasteiger partial charge in [-0.25, -0.2) is 0 Å². The molecule has 0 fully saturated rings. The molecule has 0 bridgehead atoms. The summed E-state index contributed by atoms with van der Waals surface area (Å²) < 4.78 is 0. The monoisotopic (exact) mass is 231 g/mol. The Morgan fingerprint density at radius 1 is 1.00 bits per heavy atom. The number of pyridine rings is 1. The minimum atomic E-state index is 1.08. The van der Waals surface area contributed by atoms with Crippen LogP contribution in [0.4, 0.5) is 0 Å². The minimum absolute atomic E-state index is 1.08. The van der Waals surface area contributed by atoms with E-state index in [1.165, 1.54) is 17.4 Å². The highest BCUT2D eigenvalue weighted by Gasteiger charge is 1.93. The molecule has 94 valence electrons. The van der Waals surface area contributed by atoms with Crippen molar-refractivity contribution in [1.29, 1.82) is 0 Å². The zero-order valence-electron chi connectivity index (χ0n) is 11.8. The maximum atomic E-state index is 4.26. The van der Waals surface area contributed by atoms with Gasteiger partial charge >= 0.3 is 0 Å². The lowest BCUT2D eigenvalue weighted by Gasteiger charge is -1.98. The number of fused-ring (bicyclic) bond motifs is 1. The molecule has 1 heterocycles. The third kappa shape index (κ3) is 5.48. The Kier molecular flexibility index (Phi) is 9.04. The molecule has 0 atom stereocenters. The van der Waals surface area contributed by atoms with E-state index in [2.05, 4.69) is 50.0 Å². The van der Waals surface area contributed by atoms with Gasteiger partial charge in [-0.3, -0.25) is 4.98 Å². The van der Waals surface area contributed by atoms with Crippen LogP contribution in [0.3, 0.4) is 0 Å². The van der Waals surface area contributed by atoms with Gasteiger partial charge in [0, 0.05) is 11.6 Å². The molecule has 0 amide bonds.